The highest BCUT2D eigenvalue weighted by molar-refractivity contribution is 9.11. The molecule has 0 radical (unpaired) electrons. The van der Waals surface area contributed by atoms with E-state index in [0.717, 1.165) is 35.3 Å². The number of thiazole rings is 1. The lowest BCUT2D eigenvalue weighted by Crippen LogP contribution is -2.41. The average Bonchev–Trinajstić information content (AvgIpc) is 2.58. The van der Waals surface area contributed by atoms with Crippen molar-refractivity contribution in [3.63, 3.8) is 0 Å². The number of hydrogen-bond donors (Lipinski definition) is 2. The Morgan fingerprint density at radius 2 is 2.21 bits per heavy atom. The van der Waals surface area contributed by atoms with Crippen molar-refractivity contribution < 1.29 is 5.11 Å². The fourth-order valence-electron chi connectivity index (χ4n) is 1.85. The van der Waals surface area contributed by atoms with E-state index in [9.17, 15) is 5.11 Å². The number of nitrogens with zero attached hydrogens (tertiary/aromatic N) is 1. The summed E-state index contributed by atoms with van der Waals surface area (Å²) in [4.78, 5) is 4.36. The maximum Gasteiger partial charge on any atom is 0.159 e. The maximum atomic E-state index is 9.41. The van der Waals surface area contributed by atoms with Crippen molar-refractivity contribution in [1.29, 1.82) is 0 Å². The van der Waals surface area contributed by atoms with Gasteiger partial charge in [-0.3, -0.25) is 0 Å². The predicted octanol–water partition coefficient (Wildman–Crippen LogP) is 1.99. The Morgan fingerprint density at radius 1 is 1.57 bits per heavy atom. The van der Waals surface area contributed by atoms with E-state index in [1.54, 1.807) is 11.3 Å². The van der Waals surface area contributed by atoms with Gasteiger partial charge in [0, 0.05) is 5.38 Å². The molecular weight excluding hydrogens is 264 g/mol. The minimum atomic E-state index is -0.318. The van der Waals surface area contributed by atoms with Gasteiger partial charge in [-0.25, -0.2) is 4.98 Å². The molecule has 1 fully saturated rings. The molecule has 1 aliphatic carbocycles. The van der Waals surface area contributed by atoms with Crippen molar-refractivity contribution >= 4 is 27.3 Å². The van der Waals surface area contributed by atoms with E-state index < -0.39 is 0 Å². The Hall–Kier alpha value is 0.0300. The summed E-state index contributed by atoms with van der Waals surface area (Å²) in [6, 6.07) is 0. The van der Waals surface area contributed by atoms with Crippen LogP contribution in [0.3, 0.4) is 0 Å². The minimum absolute atomic E-state index is 0.172. The van der Waals surface area contributed by atoms with Crippen LogP contribution in [-0.2, 0) is 5.54 Å². The molecule has 1 aromatic heterocycles. The van der Waals surface area contributed by atoms with Gasteiger partial charge in [0.25, 0.3) is 0 Å². The molecule has 0 aliphatic heterocycles. The molecule has 14 heavy (non-hydrogen) atoms. The fraction of sp³-hybridized carbons (Fsp3) is 0.667. The molecule has 0 aromatic carbocycles. The standard InChI is InChI=1S/C9H13BrN2OS/c10-8-12-7(5-14-8)9(11)3-1-6(13)2-4-9/h5-6,13H,1-4,11H2. The van der Waals surface area contributed by atoms with Crippen LogP contribution in [0.5, 0.6) is 0 Å². The summed E-state index contributed by atoms with van der Waals surface area (Å²) in [7, 11) is 0. The largest absolute Gasteiger partial charge is 0.393 e. The van der Waals surface area contributed by atoms with Gasteiger partial charge in [0.15, 0.2) is 3.92 Å². The van der Waals surface area contributed by atoms with Crippen molar-refractivity contribution in [2.24, 2.45) is 5.73 Å². The number of rotatable bonds is 1. The van der Waals surface area contributed by atoms with Gasteiger partial charge < -0.3 is 10.8 Å². The van der Waals surface area contributed by atoms with Crippen LogP contribution in [0.1, 0.15) is 31.4 Å². The van der Waals surface area contributed by atoms with Crippen LogP contribution in [0.25, 0.3) is 0 Å². The second-order valence-corrected chi connectivity index (χ2v) is 6.01. The first-order valence-electron chi connectivity index (χ1n) is 4.69. The van der Waals surface area contributed by atoms with Gasteiger partial charge in [-0.15, -0.1) is 11.3 Å². The van der Waals surface area contributed by atoms with E-state index in [0.29, 0.717) is 0 Å². The number of hydrogen-bond acceptors (Lipinski definition) is 4. The second kappa shape index (κ2) is 3.89. The summed E-state index contributed by atoms with van der Waals surface area (Å²) in [5, 5.41) is 11.4. The molecule has 3 N–H and O–H groups in total. The molecule has 0 atom stereocenters. The van der Waals surface area contributed by atoms with Crippen molar-refractivity contribution in [1.82, 2.24) is 4.98 Å². The first kappa shape index (κ1) is 10.5. The summed E-state index contributed by atoms with van der Waals surface area (Å²) in [5.41, 5.74) is 6.91. The molecule has 1 aliphatic rings. The van der Waals surface area contributed by atoms with Gasteiger partial charge in [-0.05, 0) is 41.6 Å². The van der Waals surface area contributed by atoms with E-state index in [2.05, 4.69) is 20.9 Å². The molecule has 0 amide bonds. The topological polar surface area (TPSA) is 59.1 Å². The first-order valence-corrected chi connectivity index (χ1v) is 6.36. The summed E-state index contributed by atoms with van der Waals surface area (Å²) in [6.45, 7) is 0. The van der Waals surface area contributed by atoms with Gasteiger partial charge in [-0.2, -0.15) is 0 Å². The van der Waals surface area contributed by atoms with E-state index in [1.807, 2.05) is 5.38 Å². The van der Waals surface area contributed by atoms with Crippen molar-refractivity contribution in [2.75, 3.05) is 0 Å². The lowest BCUT2D eigenvalue weighted by atomic mass is 9.79. The monoisotopic (exact) mass is 276 g/mol. The normalized spacial score (nSPS) is 33.2. The highest BCUT2D eigenvalue weighted by Gasteiger charge is 2.34. The Bertz CT molecular complexity index is 320. The predicted molar refractivity (Wildman–Crippen MR) is 60.2 cm³/mol. The van der Waals surface area contributed by atoms with Gasteiger partial charge in [0.1, 0.15) is 0 Å². The summed E-state index contributed by atoms with van der Waals surface area (Å²) in [6.07, 6.45) is 3.04. The third-order valence-electron chi connectivity index (χ3n) is 2.83. The number of aromatic nitrogens is 1. The molecular formula is C9H13BrN2OS. The molecule has 3 nitrogen and oxygen atoms in total. The number of aliphatic hydroxyl groups excluding tert-OH is 1. The Labute approximate surface area is 95.5 Å². The Kier molecular flexibility index (Phi) is 2.93. The van der Waals surface area contributed by atoms with Gasteiger partial charge in [-0.1, -0.05) is 0 Å². The molecule has 0 spiro atoms. The quantitative estimate of drug-likeness (QED) is 0.825. The smallest absolute Gasteiger partial charge is 0.159 e. The Balaban J connectivity index is 2.16. The van der Waals surface area contributed by atoms with Crippen LogP contribution in [0, 0.1) is 0 Å². The van der Waals surface area contributed by atoms with Crippen LogP contribution in [0.2, 0.25) is 0 Å². The van der Waals surface area contributed by atoms with Crippen molar-refractivity contribution in [3.05, 3.63) is 15.0 Å². The van der Waals surface area contributed by atoms with Crippen LogP contribution >= 0.6 is 27.3 Å². The Morgan fingerprint density at radius 3 is 2.71 bits per heavy atom. The fourth-order valence-corrected chi connectivity index (χ4v) is 2.97. The molecule has 78 valence electrons. The van der Waals surface area contributed by atoms with Gasteiger partial charge in [0.2, 0.25) is 0 Å². The van der Waals surface area contributed by atoms with E-state index in [4.69, 9.17) is 5.73 Å². The zero-order valence-corrected chi connectivity index (χ0v) is 10.1. The van der Waals surface area contributed by atoms with E-state index in [-0.39, 0.29) is 11.6 Å². The SMILES string of the molecule is NC1(c2csc(Br)n2)CCC(O)CC1. The first-order chi connectivity index (χ1) is 6.60. The highest BCUT2D eigenvalue weighted by Crippen LogP contribution is 2.35. The molecule has 1 aromatic rings. The van der Waals surface area contributed by atoms with Gasteiger partial charge in [0.05, 0.1) is 17.3 Å². The highest BCUT2D eigenvalue weighted by atomic mass is 79.9. The zero-order chi connectivity index (χ0) is 10.2. The number of halogens is 1. The summed E-state index contributed by atoms with van der Waals surface area (Å²) >= 11 is 4.90. The maximum absolute atomic E-state index is 9.41. The third kappa shape index (κ3) is 2.00. The average molecular weight is 277 g/mol. The molecule has 0 bridgehead atoms. The number of aliphatic hydroxyl groups is 1. The second-order valence-electron chi connectivity index (χ2n) is 3.87. The van der Waals surface area contributed by atoms with Crippen molar-refractivity contribution in [2.45, 2.75) is 37.3 Å². The third-order valence-corrected chi connectivity index (χ3v) is 4.20. The minimum Gasteiger partial charge on any atom is -0.393 e. The van der Waals surface area contributed by atoms with Crippen molar-refractivity contribution in [3.8, 4) is 0 Å². The molecule has 2 rings (SSSR count). The van der Waals surface area contributed by atoms with Crippen LogP contribution < -0.4 is 5.73 Å². The molecule has 5 heteroatoms. The lowest BCUT2D eigenvalue weighted by molar-refractivity contribution is 0.0958. The van der Waals surface area contributed by atoms with Crippen LogP contribution in [-0.4, -0.2) is 16.2 Å². The lowest BCUT2D eigenvalue weighted by Gasteiger charge is -2.34. The van der Waals surface area contributed by atoms with E-state index >= 15 is 0 Å². The summed E-state index contributed by atoms with van der Waals surface area (Å²) < 4.78 is 0.878. The van der Waals surface area contributed by atoms with Gasteiger partial charge >= 0.3 is 0 Å². The van der Waals surface area contributed by atoms with Crippen LogP contribution in [0.15, 0.2) is 9.30 Å². The molecule has 1 heterocycles. The molecule has 0 saturated heterocycles. The zero-order valence-electron chi connectivity index (χ0n) is 7.74. The molecule has 0 unspecified atom stereocenters. The van der Waals surface area contributed by atoms with Crippen LogP contribution in [0.4, 0.5) is 0 Å². The van der Waals surface area contributed by atoms with E-state index in [1.165, 1.54) is 0 Å². The molecule has 1 saturated carbocycles. The number of nitrogens with two attached hydrogens (primary N) is 1. The summed E-state index contributed by atoms with van der Waals surface area (Å²) in [5.74, 6) is 0.